The molecule has 0 aliphatic heterocycles. The first-order valence-electron chi connectivity index (χ1n) is 9.47. The first-order valence-corrected chi connectivity index (χ1v) is 9.47. The van der Waals surface area contributed by atoms with Crippen molar-refractivity contribution >= 4 is 17.9 Å². The van der Waals surface area contributed by atoms with Crippen LogP contribution in [0.15, 0.2) is 41.0 Å². The standard InChI is InChI=1S/C21H26N2O7/c1-14(2)8-10-29-17-7-6-15(11-18(17)27-3)20(25)30-13-19(24)23-21(26)22-12-16-5-4-9-28-16/h4-7,9,11,14H,8,10,12-13H2,1-3H3,(H2,22,23,24,26). The van der Waals surface area contributed by atoms with Crippen molar-refractivity contribution in [3.63, 3.8) is 0 Å². The minimum absolute atomic E-state index is 0.122. The lowest BCUT2D eigenvalue weighted by molar-refractivity contribution is -0.123. The lowest BCUT2D eigenvalue weighted by atomic mass is 10.1. The van der Waals surface area contributed by atoms with Gasteiger partial charge < -0.3 is 23.9 Å². The number of imide groups is 1. The van der Waals surface area contributed by atoms with Gasteiger partial charge in [0.15, 0.2) is 18.1 Å². The number of rotatable bonds is 10. The zero-order valence-electron chi connectivity index (χ0n) is 17.2. The van der Waals surface area contributed by atoms with Gasteiger partial charge in [-0.1, -0.05) is 13.8 Å². The number of ether oxygens (including phenoxy) is 3. The van der Waals surface area contributed by atoms with Crippen LogP contribution >= 0.6 is 0 Å². The molecule has 1 heterocycles. The van der Waals surface area contributed by atoms with Gasteiger partial charge in [0.2, 0.25) is 0 Å². The molecular weight excluding hydrogens is 392 g/mol. The fraction of sp³-hybridized carbons (Fsp3) is 0.381. The van der Waals surface area contributed by atoms with Crippen LogP contribution in [-0.4, -0.2) is 38.2 Å². The maximum absolute atomic E-state index is 12.2. The number of hydrogen-bond donors (Lipinski definition) is 2. The summed E-state index contributed by atoms with van der Waals surface area (Å²) in [6.07, 6.45) is 2.36. The fourth-order valence-electron chi connectivity index (χ4n) is 2.32. The number of amides is 3. The van der Waals surface area contributed by atoms with E-state index in [9.17, 15) is 14.4 Å². The number of nitrogens with one attached hydrogen (secondary N) is 2. The van der Waals surface area contributed by atoms with Gasteiger partial charge in [-0.3, -0.25) is 10.1 Å². The average Bonchev–Trinajstić information content (AvgIpc) is 3.24. The van der Waals surface area contributed by atoms with Gasteiger partial charge in [-0.2, -0.15) is 0 Å². The summed E-state index contributed by atoms with van der Waals surface area (Å²) in [4.78, 5) is 35.6. The highest BCUT2D eigenvalue weighted by molar-refractivity contribution is 5.97. The number of furan rings is 1. The van der Waals surface area contributed by atoms with E-state index in [1.165, 1.54) is 25.5 Å². The zero-order valence-corrected chi connectivity index (χ0v) is 17.2. The van der Waals surface area contributed by atoms with Crippen LogP contribution in [0.4, 0.5) is 4.79 Å². The first-order chi connectivity index (χ1) is 14.4. The molecule has 0 saturated carbocycles. The van der Waals surface area contributed by atoms with Crippen molar-refractivity contribution in [3.05, 3.63) is 47.9 Å². The van der Waals surface area contributed by atoms with Crippen LogP contribution in [0.5, 0.6) is 11.5 Å². The van der Waals surface area contributed by atoms with Crippen molar-refractivity contribution in [2.75, 3.05) is 20.3 Å². The predicted molar refractivity (Wildman–Crippen MR) is 107 cm³/mol. The van der Waals surface area contributed by atoms with Crippen LogP contribution in [0, 0.1) is 5.92 Å². The molecule has 2 aromatic rings. The highest BCUT2D eigenvalue weighted by Crippen LogP contribution is 2.28. The van der Waals surface area contributed by atoms with E-state index in [1.54, 1.807) is 18.2 Å². The molecule has 1 aromatic heterocycles. The van der Waals surface area contributed by atoms with Gasteiger partial charge in [-0.05, 0) is 42.7 Å². The molecule has 0 aliphatic carbocycles. The van der Waals surface area contributed by atoms with Crippen LogP contribution in [0.25, 0.3) is 0 Å². The Morgan fingerprint density at radius 2 is 1.93 bits per heavy atom. The Labute approximate surface area is 174 Å². The third-order valence-corrected chi connectivity index (χ3v) is 3.94. The zero-order chi connectivity index (χ0) is 21.9. The van der Waals surface area contributed by atoms with Crippen molar-refractivity contribution in [2.24, 2.45) is 5.92 Å². The molecule has 0 spiro atoms. The van der Waals surface area contributed by atoms with Crippen molar-refractivity contribution in [1.82, 2.24) is 10.6 Å². The van der Waals surface area contributed by atoms with Gasteiger partial charge in [-0.25, -0.2) is 9.59 Å². The summed E-state index contributed by atoms with van der Waals surface area (Å²) in [6, 6.07) is 7.23. The van der Waals surface area contributed by atoms with Gasteiger partial charge in [0.25, 0.3) is 5.91 Å². The van der Waals surface area contributed by atoms with E-state index >= 15 is 0 Å². The van der Waals surface area contributed by atoms with Crippen molar-refractivity contribution in [3.8, 4) is 11.5 Å². The van der Waals surface area contributed by atoms with Crippen LogP contribution in [0.3, 0.4) is 0 Å². The molecule has 0 radical (unpaired) electrons. The average molecular weight is 418 g/mol. The summed E-state index contributed by atoms with van der Waals surface area (Å²) in [5.74, 6) is 0.447. The Hall–Kier alpha value is -3.49. The van der Waals surface area contributed by atoms with E-state index in [4.69, 9.17) is 18.6 Å². The van der Waals surface area contributed by atoms with E-state index in [0.29, 0.717) is 29.8 Å². The van der Waals surface area contributed by atoms with Gasteiger partial charge in [0.1, 0.15) is 5.76 Å². The summed E-state index contributed by atoms with van der Waals surface area (Å²) < 4.78 is 20.9. The Kier molecular flexibility index (Phi) is 8.74. The SMILES string of the molecule is COc1cc(C(=O)OCC(=O)NC(=O)NCc2ccco2)ccc1OCCC(C)C. The molecule has 3 amide bonds. The molecule has 0 atom stereocenters. The Morgan fingerprint density at radius 3 is 2.60 bits per heavy atom. The molecule has 9 heteroatoms. The molecule has 2 rings (SSSR count). The maximum Gasteiger partial charge on any atom is 0.338 e. The first kappa shape index (κ1) is 22.8. The van der Waals surface area contributed by atoms with Crippen molar-refractivity contribution < 1.29 is 33.0 Å². The molecule has 1 aromatic carbocycles. The largest absolute Gasteiger partial charge is 0.493 e. The maximum atomic E-state index is 12.2. The fourth-order valence-corrected chi connectivity index (χ4v) is 2.32. The highest BCUT2D eigenvalue weighted by Gasteiger charge is 2.15. The van der Waals surface area contributed by atoms with Crippen LogP contribution in [0.2, 0.25) is 0 Å². The number of carbonyl (C=O) groups excluding carboxylic acids is 3. The molecule has 9 nitrogen and oxygen atoms in total. The second-order valence-electron chi connectivity index (χ2n) is 6.78. The third kappa shape index (κ3) is 7.50. The molecule has 0 fully saturated rings. The minimum atomic E-state index is -0.763. The summed E-state index contributed by atoms with van der Waals surface area (Å²) in [6.45, 7) is 4.23. The van der Waals surface area contributed by atoms with Crippen molar-refractivity contribution in [2.45, 2.75) is 26.8 Å². The van der Waals surface area contributed by atoms with E-state index in [2.05, 4.69) is 24.5 Å². The summed E-state index contributed by atoms with van der Waals surface area (Å²) >= 11 is 0. The van der Waals surface area contributed by atoms with E-state index in [0.717, 1.165) is 6.42 Å². The van der Waals surface area contributed by atoms with Gasteiger partial charge >= 0.3 is 12.0 Å². The second kappa shape index (κ2) is 11.5. The van der Waals surface area contributed by atoms with Gasteiger partial charge in [0.05, 0.1) is 32.1 Å². The molecule has 0 aliphatic rings. The summed E-state index contributed by atoms with van der Waals surface area (Å²) in [5, 5.41) is 4.51. The second-order valence-corrected chi connectivity index (χ2v) is 6.78. The number of methoxy groups -OCH3 is 1. The Balaban J connectivity index is 1.80. The number of carbonyl (C=O) groups is 3. The number of hydrogen-bond acceptors (Lipinski definition) is 7. The summed E-state index contributed by atoms with van der Waals surface area (Å²) in [5.41, 5.74) is 0.193. The van der Waals surface area contributed by atoms with Crippen LogP contribution in [0.1, 0.15) is 36.4 Å². The topological polar surface area (TPSA) is 116 Å². The van der Waals surface area contributed by atoms with Crippen LogP contribution in [-0.2, 0) is 16.1 Å². The normalized spacial score (nSPS) is 10.4. The molecular formula is C21H26N2O7. The monoisotopic (exact) mass is 418 g/mol. The Bertz CT molecular complexity index is 847. The lowest BCUT2D eigenvalue weighted by Gasteiger charge is -2.13. The molecule has 162 valence electrons. The van der Waals surface area contributed by atoms with Crippen LogP contribution < -0.4 is 20.1 Å². The smallest absolute Gasteiger partial charge is 0.338 e. The molecule has 2 N–H and O–H groups in total. The predicted octanol–water partition coefficient (Wildman–Crippen LogP) is 2.90. The molecule has 0 bridgehead atoms. The Morgan fingerprint density at radius 1 is 1.13 bits per heavy atom. The lowest BCUT2D eigenvalue weighted by Crippen LogP contribution is -2.41. The molecule has 0 unspecified atom stereocenters. The van der Waals surface area contributed by atoms with Gasteiger partial charge in [-0.15, -0.1) is 0 Å². The van der Waals surface area contributed by atoms with E-state index in [1.807, 2.05) is 0 Å². The minimum Gasteiger partial charge on any atom is -0.493 e. The van der Waals surface area contributed by atoms with E-state index in [-0.39, 0.29) is 12.1 Å². The van der Waals surface area contributed by atoms with E-state index < -0.39 is 24.5 Å². The quantitative estimate of drug-likeness (QED) is 0.570. The number of esters is 1. The highest BCUT2D eigenvalue weighted by atomic mass is 16.5. The number of benzene rings is 1. The summed E-state index contributed by atoms with van der Waals surface area (Å²) in [7, 11) is 1.47. The molecule has 30 heavy (non-hydrogen) atoms. The molecule has 0 saturated heterocycles. The van der Waals surface area contributed by atoms with Gasteiger partial charge in [0, 0.05) is 0 Å². The number of urea groups is 1. The van der Waals surface area contributed by atoms with Crippen molar-refractivity contribution in [1.29, 1.82) is 0 Å². The third-order valence-electron chi connectivity index (χ3n) is 3.94.